The van der Waals surface area contributed by atoms with E-state index in [-0.39, 0.29) is 18.1 Å². The van der Waals surface area contributed by atoms with Gasteiger partial charge >= 0.3 is 0 Å². The number of hydrogen-bond acceptors (Lipinski definition) is 6. The first-order valence-electron chi connectivity index (χ1n) is 12.0. The molecule has 0 aliphatic carbocycles. The molecule has 0 saturated heterocycles. The summed E-state index contributed by atoms with van der Waals surface area (Å²) in [5.74, 6) is 0.486. The van der Waals surface area contributed by atoms with E-state index in [1.165, 1.54) is 4.31 Å². The molecular weight excluding hydrogens is 458 g/mol. The van der Waals surface area contributed by atoms with Crippen LogP contribution in [0.15, 0.2) is 35.2 Å². The summed E-state index contributed by atoms with van der Waals surface area (Å²) >= 11 is 1.56. The zero-order chi connectivity index (χ0) is 24.7. The highest BCUT2D eigenvalue weighted by Gasteiger charge is 2.25. The lowest BCUT2D eigenvalue weighted by Crippen LogP contribution is -2.49. The summed E-state index contributed by atoms with van der Waals surface area (Å²) in [6.07, 6.45) is 1.59. The third-order valence-electron chi connectivity index (χ3n) is 5.16. The van der Waals surface area contributed by atoms with Gasteiger partial charge in [-0.25, -0.2) is 12.7 Å². The van der Waals surface area contributed by atoms with E-state index >= 15 is 0 Å². The quantitative estimate of drug-likeness (QED) is 0.211. The zero-order valence-corrected chi connectivity index (χ0v) is 22.3. The molecule has 1 rings (SSSR count). The molecule has 9 heteroatoms. The number of amides is 1. The van der Waals surface area contributed by atoms with Crippen LogP contribution in [0.25, 0.3) is 0 Å². The minimum Gasteiger partial charge on any atom is -0.390 e. The Morgan fingerprint density at radius 1 is 1.12 bits per heavy atom. The highest BCUT2D eigenvalue weighted by molar-refractivity contribution is 7.99. The van der Waals surface area contributed by atoms with Crippen molar-refractivity contribution in [1.29, 1.82) is 0 Å². The van der Waals surface area contributed by atoms with Gasteiger partial charge in [0.1, 0.15) is 0 Å². The van der Waals surface area contributed by atoms with Crippen molar-refractivity contribution in [3.8, 4) is 0 Å². The Balaban J connectivity index is 2.70. The van der Waals surface area contributed by atoms with Crippen LogP contribution in [0.2, 0.25) is 0 Å². The van der Waals surface area contributed by atoms with E-state index in [0.29, 0.717) is 31.3 Å². The van der Waals surface area contributed by atoms with Gasteiger partial charge in [0.2, 0.25) is 15.9 Å². The molecule has 0 spiro atoms. The average Bonchev–Trinajstić information content (AvgIpc) is 2.78. The SMILES string of the molecule is CCCN(CCC)S(=O)(=O)CCC(=O)N[C@@H](CSc1ccccc1)[C@@H](O)CNCCC(C)C. The molecule has 0 fully saturated rings. The number of rotatable bonds is 18. The summed E-state index contributed by atoms with van der Waals surface area (Å²) in [5.41, 5.74) is 0. The van der Waals surface area contributed by atoms with E-state index in [2.05, 4.69) is 24.5 Å². The first-order chi connectivity index (χ1) is 15.7. The Bertz CT molecular complexity index is 754. The second kappa shape index (κ2) is 16.5. The van der Waals surface area contributed by atoms with E-state index < -0.39 is 22.2 Å². The minimum absolute atomic E-state index is 0.119. The van der Waals surface area contributed by atoms with Crippen LogP contribution >= 0.6 is 11.8 Å². The molecule has 0 bridgehead atoms. The summed E-state index contributed by atoms with van der Waals surface area (Å²) in [6.45, 7) is 10.3. The third-order valence-corrected chi connectivity index (χ3v) is 8.17. The molecule has 0 radical (unpaired) electrons. The molecule has 1 aromatic rings. The van der Waals surface area contributed by atoms with E-state index in [9.17, 15) is 18.3 Å². The second-order valence-electron chi connectivity index (χ2n) is 8.72. The predicted octanol–water partition coefficient (Wildman–Crippen LogP) is 3.10. The largest absolute Gasteiger partial charge is 0.390 e. The number of nitrogens with zero attached hydrogens (tertiary/aromatic N) is 1. The van der Waals surface area contributed by atoms with Gasteiger partial charge in [-0.1, -0.05) is 45.9 Å². The third kappa shape index (κ3) is 12.8. The highest BCUT2D eigenvalue weighted by atomic mass is 32.2. The number of aliphatic hydroxyl groups excluding tert-OH is 1. The van der Waals surface area contributed by atoms with Crippen molar-refractivity contribution >= 4 is 27.7 Å². The molecule has 0 saturated carbocycles. The van der Waals surface area contributed by atoms with Crippen molar-refractivity contribution in [2.45, 2.75) is 70.4 Å². The molecule has 1 amide bonds. The van der Waals surface area contributed by atoms with Crippen molar-refractivity contribution in [2.24, 2.45) is 5.92 Å². The van der Waals surface area contributed by atoms with Gasteiger partial charge in [-0.3, -0.25) is 4.79 Å². The van der Waals surface area contributed by atoms with Gasteiger partial charge in [0.25, 0.3) is 0 Å². The average molecular weight is 502 g/mol. The molecule has 0 aromatic heterocycles. The van der Waals surface area contributed by atoms with Crippen LogP contribution in [0, 0.1) is 5.92 Å². The lowest BCUT2D eigenvalue weighted by molar-refractivity contribution is -0.122. The fraction of sp³-hybridized carbons (Fsp3) is 0.708. The Kier molecular flexibility index (Phi) is 14.9. The van der Waals surface area contributed by atoms with Crippen LogP contribution in [0.5, 0.6) is 0 Å². The molecule has 0 unspecified atom stereocenters. The normalized spacial score (nSPS) is 13.9. The van der Waals surface area contributed by atoms with Crippen LogP contribution < -0.4 is 10.6 Å². The standard InChI is InChI=1S/C24H43N3O4S2/c1-5-15-27(16-6-2)33(30,31)17-13-24(29)26-22(19-32-21-10-8-7-9-11-21)23(28)18-25-14-12-20(3)4/h7-11,20,22-23,25,28H,5-6,12-19H2,1-4H3,(H,26,29)/t22-,23-/m0/s1. The number of carbonyl (C=O) groups excluding carboxylic acids is 1. The maximum atomic E-state index is 12.7. The molecule has 0 heterocycles. The van der Waals surface area contributed by atoms with Crippen molar-refractivity contribution in [3.05, 3.63) is 30.3 Å². The number of benzene rings is 1. The van der Waals surface area contributed by atoms with Crippen molar-refractivity contribution < 1.29 is 18.3 Å². The first kappa shape index (κ1) is 29.9. The predicted molar refractivity (Wildman–Crippen MR) is 138 cm³/mol. The number of nitrogens with one attached hydrogen (secondary N) is 2. The van der Waals surface area contributed by atoms with Crippen molar-refractivity contribution in [1.82, 2.24) is 14.9 Å². The summed E-state index contributed by atoms with van der Waals surface area (Å²) in [6, 6.07) is 9.32. The lowest BCUT2D eigenvalue weighted by Gasteiger charge is -2.25. The van der Waals surface area contributed by atoms with Gasteiger partial charge in [-0.15, -0.1) is 11.8 Å². The van der Waals surface area contributed by atoms with Crippen LogP contribution in [0.1, 0.15) is 53.4 Å². The summed E-state index contributed by atoms with van der Waals surface area (Å²) in [7, 11) is -3.49. The van der Waals surface area contributed by atoms with Crippen LogP contribution in [-0.4, -0.2) is 73.6 Å². The molecule has 7 nitrogen and oxygen atoms in total. The van der Waals surface area contributed by atoms with Crippen LogP contribution in [-0.2, 0) is 14.8 Å². The van der Waals surface area contributed by atoms with E-state index in [4.69, 9.17) is 0 Å². The Hall–Kier alpha value is -1.13. The second-order valence-corrected chi connectivity index (χ2v) is 11.9. The van der Waals surface area contributed by atoms with E-state index in [1.54, 1.807) is 11.8 Å². The van der Waals surface area contributed by atoms with Crippen LogP contribution in [0.3, 0.4) is 0 Å². The Morgan fingerprint density at radius 3 is 2.33 bits per heavy atom. The molecule has 33 heavy (non-hydrogen) atoms. The Labute approximate surface area is 205 Å². The first-order valence-corrected chi connectivity index (χ1v) is 14.6. The number of hydrogen-bond donors (Lipinski definition) is 3. The molecule has 0 aliphatic heterocycles. The summed E-state index contributed by atoms with van der Waals surface area (Å²) in [5, 5.41) is 16.9. The topological polar surface area (TPSA) is 98.7 Å². The van der Waals surface area contributed by atoms with Crippen molar-refractivity contribution in [3.63, 3.8) is 0 Å². The maximum Gasteiger partial charge on any atom is 0.221 e. The summed E-state index contributed by atoms with van der Waals surface area (Å²) < 4.78 is 26.8. The van der Waals surface area contributed by atoms with Gasteiger partial charge in [0.05, 0.1) is 17.9 Å². The van der Waals surface area contributed by atoms with E-state index in [0.717, 1.165) is 30.7 Å². The number of carbonyl (C=O) groups is 1. The van der Waals surface area contributed by atoms with Gasteiger partial charge in [-0.05, 0) is 43.9 Å². The molecular formula is C24H43N3O4S2. The number of aliphatic hydroxyl groups is 1. The van der Waals surface area contributed by atoms with Gasteiger partial charge in [0.15, 0.2) is 0 Å². The highest BCUT2D eigenvalue weighted by Crippen LogP contribution is 2.19. The molecule has 1 aromatic carbocycles. The molecule has 3 N–H and O–H groups in total. The number of thioether (sulfide) groups is 1. The molecule has 2 atom stereocenters. The number of sulfonamides is 1. The minimum atomic E-state index is -3.49. The maximum absolute atomic E-state index is 12.7. The zero-order valence-electron chi connectivity index (χ0n) is 20.6. The van der Waals surface area contributed by atoms with Crippen molar-refractivity contribution in [2.75, 3.05) is 37.7 Å². The van der Waals surface area contributed by atoms with E-state index in [1.807, 2.05) is 44.2 Å². The lowest BCUT2D eigenvalue weighted by atomic mass is 10.1. The smallest absolute Gasteiger partial charge is 0.221 e. The van der Waals surface area contributed by atoms with Gasteiger partial charge < -0.3 is 15.7 Å². The molecule has 0 aliphatic rings. The Morgan fingerprint density at radius 2 is 1.76 bits per heavy atom. The summed E-state index contributed by atoms with van der Waals surface area (Å²) in [4.78, 5) is 13.7. The fourth-order valence-corrected chi connectivity index (χ4v) is 5.90. The van der Waals surface area contributed by atoms with Gasteiger partial charge in [-0.2, -0.15) is 0 Å². The fourth-order valence-electron chi connectivity index (χ4n) is 3.25. The molecule has 190 valence electrons. The van der Waals surface area contributed by atoms with Gasteiger partial charge in [0, 0.05) is 36.7 Å². The van der Waals surface area contributed by atoms with Crippen LogP contribution in [0.4, 0.5) is 0 Å². The monoisotopic (exact) mass is 501 g/mol.